The first-order valence-corrected chi connectivity index (χ1v) is 43.9. The molecule has 0 saturated heterocycles. The Morgan fingerprint density at radius 1 is 0.364 bits per heavy atom. The molecule has 10 bridgehead atoms. The van der Waals surface area contributed by atoms with Crippen molar-refractivity contribution >= 4 is 78.9 Å². The Bertz CT molecular complexity index is 5130. The average Bonchev–Trinajstić information content (AvgIpc) is 1.50. The Morgan fingerprint density at radius 2 is 0.785 bits per heavy atom. The number of hydrogen-bond donors (Lipinski definition) is 0. The van der Waals surface area contributed by atoms with Crippen molar-refractivity contribution in [3.63, 3.8) is 0 Å². The number of hydrogen-bond acceptors (Lipinski definition) is 12. The van der Waals surface area contributed by atoms with Crippen LogP contribution in [-0.4, -0.2) is 85.9 Å². The van der Waals surface area contributed by atoms with Crippen LogP contribution in [0, 0.1) is 156 Å². The molecule has 12 nitrogen and oxygen atoms in total. The van der Waals surface area contributed by atoms with Gasteiger partial charge in [0, 0.05) is 0 Å². The van der Waals surface area contributed by atoms with E-state index in [0.717, 1.165) is 94.0 Å². The predicted molar refractivity (Wildman–Crippen MR) is 425 cm³/mol. The van der Waals surface area contributed by atoms with E-state index in [4.69, 9.17) is 28.4 Å². The molecule has 23 atom stereocenters. The first kappa shape index (κ1) is 84.2. The van der Waals surface area contributed by atoms with Gasteiger partial charge in [0.05, 0.1) is 32.5 Å². The molecule has 6 aromatic carbocycles. The summed E-state index contributed by atoms with van der Waals surface area (Å²) >= 11 is 0. The molecule has 18 rings (SSSR count). The normalized spacial score (nSPS) is 33.4. The van der Waals surface area contributed by atoms with Gasteiger partial charge < -0.3 is 28.4 Å². The van der Waals surface area contributed by atoms with E-state index in [9.17, 15) is 67.1 Å². The lowest BCUT2D eigenvalue weighted by Crippen LogP contribution is -2.55. The SMILES string of the molecule is CC(C)(CC(C)(CC(C)(C)C(=O)Oc1ccc2cc3ccccc3cc2c1)C(=O)OC1CC2CC1C1C3CC(C4C5CC(CC(CC(C)(C)C(=O)OCC(C(F)(F)F)C(F)(F)F)(CC(C)(C)C(=O)Oc6ccc7cc8ccccc8cc7c6)C(=O)OC6CC78CCC9C%10CCC%11(CCC(C6C7)C8C9%11)C%10)C(C5)C34)C21)C(=O)OCC(C(F)(F)F)C(F)(F)F. The van der Waals surface area contributed by atoms with Crippen molar-refractivity contribution in [2.45, 2.75) is 221 Å². The number of halogens is 12. The largest absolute Gasteiger partial charge is 0.464 e. The number of rotatable bonds is 24. The van der Waals surface area contributed by atoms with Crippen molar-refractivity contribution in [1.29, 1.82) is 0 Å². The van der Waals surface area contributed by atoms with Crippen LogP contribution in [-0.2, 0) is 47.7 Å². The second-order valence-corrected chi connectivity index (χ2v) is 43.0. The van der Waals surface area contributed by atoms with Gasteiger partial charge in [0.15, 0.2) is 11.8 Å². The summed E-state index contributed by atoms with van der Waals surface area (Å²) in [6.07, 6.45) is -13.1. The van der Waals surface area contributed by atoms with E-state index in [0.29, 0.717) is 54.8 Å². The zero-order valence-corrected chi connectivity index (χ0v) is 69.8. The van der Waals surface area contributed by atoms with E-state index in [2.05, 4.69) is 0 Å². The van der Waals surface area contributed by atoms with E-state index < -0.39 is 143 Å². The molecule has 652 valence electrons. The van der Waals surface area contributed by atoms with Gasteiger partial charge in [0.25, 0.3) is 0 Å². The molecular formula is C97H108F12O12. The summed E-state index contributed by atoms with van der Waals surface area (Å²) in [5, 5.41) is 7.17. The summed E-state index contributed by atoms with van der Waals surface area (Å²) in [6.45, 7) is 8.96. The average molecular weight is 1690 g/mol. The molecule has 24 heteroatoms. The number of fused-ring (bicyclic) bond motifs is 24. The lowest BCUT2D eigenvalue weighted by atomic mass is 9.46. The molecule has 6 aromatic rings. The molecule has 2 spiro atoms. The van der Waals surface area contributed by atoms with Gasteiger partial charge in [-0.3, -0.25) is 28.8 Å². The molecule has 0 heterocycles. The molecule has 0 radical (unpaired) electrons. The highest BCUT2D eigenvalue weighted by atomic mass is 19.4. The molecule has 0 N–H and O–H groups in total. The standard InChI is InChI=1S/C97H108F12O12/c1-86(2,80(110)116-43-72(94(98,99)100)95(101,102)103)45-90(9,46-87(3,4)82(112)118-61-20-18-53-28-49-14-10-12-16-51(49)30-56(53)33-61)84(114)120-70-37-59-36-66(70)77-68-38-67(75(59)77)74-58-32-60(65(35-58)76(68)74)40-93(47-88(5,6)81(111)117-44-73(96(104,105)106)97(107,108)109,48-89(7,8)83(113)119-62-21-19-54-29-50-15-11-13-17-52(50)31-57(54)34-62)85(115)121-71-42-92-27-23-63-55-22-25-91(39-55)26-24-64(69(71)41-92)79(92)78(63)91/h10-21,28-31,33-34,55,58-60,63-79H,22-27,32,35-48H2,1-9H3. The number of benzene rings is 6. The van der Waals surface area contributed by atoms with Crippen molar-refractivity contribution in [1.82, 2.24) is 0 Å². The molecule has 0 aromatic heterocycles. The summed E-state index contributed by atoms with van der Waals surface area (Å²) in [6, 6.07) is 33.9. The van der Waals surface area contributed by atoms with E-state index in [1.165, 1.54) is 67.7 Å². The molecule has 12 saturated carbocycles. The van der Waals surface area contributed by atoms with Crippen LogP contribution in [0.4, 0.5) is 52.7 Å². The predicted octanol–water partition coefficient (Wildman–Crippen LogP) is 23.3. The van der Waals surface area contributed by atoms with Crippen molar-refractivity contribution < 1.29 is 110 Å². The second kappa shape index (κ2) is 28.7. The van der Waals surface area contributed by atoms with E-state index in [-0.39, 0.29) is 107 Å². The summed E-state index contributed by atoms with van der Waals surface area (Å²) in [4.78, 5) is 91.8. The molecule has 0 aliphatic heterocycles. The van der Waals surface area contributed by atoms with E-state index >= 15 is 14.4 Å². The van der Waals surface area contributed by atoms with E-state index in [1.807, 2.05) is 78.9 Å². The van der Waals surface area contributed by atoms with Crippen molar-refractivity contribution in [2.24, 2.45) is 156 Å². The number of esters is 6. The van der Waals surface area contributed by atoms with Gasteiger partial charge in [-0.15, -0.1) is 0 Å². The lowest BCUT2D eigenvalue weighted by molar-refractivity contribution is -0.294. The van der Waals surface area contributed by atoms with Crippen LogP contribution in [0.2, 0.25) is 0 Å². The number of alkyl halides is 12. The van der Waals surface area contributed by atoms with Crippen LogP contribution >= 0.6 is 0 Å². The third-order valence-corrected chi connectivity index (χ3v) is 33.7. The Labute approximate surface area is 696 Å². The van der Waals surface area contributed by atoms with Gasteiger partial charge in [-0.1, -0.05) is 60.7 Å². The van der Waals surface area contributed by atoms with Crippen LogP contribution in [0.3, 0.4) is 0 Å². The maximum absolute atomic E-state index is 17.0. The quantitative estimate of drug-likeness (QED) is 0.0141. The van der Waals surface area contributed by atoms with Crippen LogP contribution in [0.15, 0.2) is 109 Å². The zero-order valence-electron chi connectivity index (χ0n) is 69.8. The third-order valence-electron chi connectivity index (χ3n) is 33.7. The number of carbonyl (C=O) groups is 6. The van der Waals surface area contributed by atoms with Gasteiger partial charge in [-0.05, 0) is 387 Å². The summed E-state index contributed by atoms with van der Waals surface area (Å²) < 4.78 is 206. The van der Waals surface area contributed by atoms with Crippen LogP contribution in [0.1, 0.15) is 184 Å². The topological polar surface area (TPSA) is 158 Å². The highest BCUT2D eigenvalue weighted by molar-refractivity contribution is 6.00. The maximum atomic E-state index is 17.0. The number of ether oxygens (including phenoxy) is 6. The fourth-order valence-corrected chi connectivity index (χ4v) is 30.0. The van der Waals surface area contributed by atoms with Gasteiger partial charge in [-0.2, -0.15) is 52.7 Å². The smallest absolute Gasteiger partial charge is 0.403 e. The molecule has 12 aliphatic carbocycles. The molecule has 23 unspecified atom stereocenters. The molecule has 0 amide bonds. The van der Waals surface area contributed by atoms with Crippen molar-refractivity contribution in [3.05, 3.63) is 109 Å². The monoisotopic (exact) mass is 1690 g/mol. The molecule has 12 fully saturated rings. The maximum Gasteiger partial charge on any atom is 0.403 e. The van der Waals surface area contributed by atoms with Gasteiger partial charge in [-0.25, -0.2) is 0 Å². The number of carbonyl (C=O) groups excluding carboxylic acids is 6. The minimum atomic E-state index is -5.84. The van der Waals surface area contributed by atoms with Gasteiger partial charge >= 0.3 is 60.5 Å². The summed E-state index contributed by atoms with van der Waals surface area (Å²) in [5.74, 6) is -9.90. The third kappa shape index (κ3) is 14.4. The molecular weight excluding hydrogens is 1590 g/mol. The summed E-state index contributed by atoms with van der Waals surface area (Å²) in [5.41, 5.74) is -10.5. The minimum absolute atomic E-state index is 0.0235. The Balaban J connectivity index is 0.647. The van der Waals surface area contributed by atoms with E-state index in [1.54, 1.807) is 44.2 Å². The molecule has 121 heavy (non-hydrogen) atoms. The first-order chi connectivity index (χ1) is 56.6. The van der Waals surface area contributed by atoms with Gasteiger partial charge in [0.1, 0.15) is 36.9 Å². The van der Waals surface area contributed by atoms with Crippen molar-refractivity contribution in [3.8, 4) is 11.5 Å². The Morgan fingerprint density at radius 3 is 1.31 bits per heavy atom. The zero-order chi connectivity index (χ0) is 86.2. The minimum Gasteiger partial charge on any atom is -0.464 e. The fraction of sp³-hybridized carbons (Fsp3) is 0.649. The highest BCUT2D eigenvalue weighted by Gasteiger charge is 2.77. The van der Waals surface area contributed by atoms with Crippen LogP contribution < -0.4 is 9.47 Å². The molecule has 12 aliphatic rings. The first-order valence-electron chi connectivity index (χ1n) is 43.9. The highest BCUT2D eigenvalue weighted by Crippen LogP contribution is 2.82. The lowest BCUT2D eigenvalue weighted by Gasteiger charge is -2.59. The van der Waals surface area contributed by atoms with Crippen molar-refractivity contribution in [2.75, 3.05) is 13.2 Å². The Kier molecular flexibility index (Phi) is 20.0. The van der Waals surface area contributed by atoms with Crippen LogP contribution in [0.5, 0.6) is 11.5 Å². The Hall–Kier alpha value is -7.66. The van der Waals surface area contributed by atoms with Crippen LogP contribution in [0.25, 0.3) is 43.1 Å². The summed E-state index contributed by atoms with van der Waals surface area (Å²) in [7, 11) is 0. The van der Waals surface area contributed by atoms with Gasteiger partial charge in [0.2, 0.25) is 0 Å². The second-order valence-electron chi connectivity index (χ2n) is 43.0. The fourth-order valence-electron chi connectivity index (χ4n) is 30.0.